The normalized spacial score (nSPS) is 20.3. The lowest BCUT2D eigenvalue weighted by atomic mass is 9.76. The van der Waals surface area contributed by atoms with Crippen molar-refractivity contribution < 1.29 is 14.7 Å². The van der Waals surface area contributed by atoms with Gasteiger partial charge in [-0.3, -0.25) is 4.79 Å². The topological polar surface area (TPSA) is 57.6 Å². The number of carboxylic acids is 1. The number of aromatic carboxylic acids is 1. The summed E-state index contributed by atoms with van der Waals surface area (Å²) < 4.78 is 0. The van der Waals surface area contributed by atoms with Gasteiger partial charge in [0.1, 0.15) is 0 Å². The SMILES string of the molecule is CC1(c2ccccc2)CCCN(C(=O)Cc2ccccc2C(=O)O)C1. The summed E-state index contributed by atoms with van der Waals surface area (Å²) in [5.41, 5.74) is 1.98. The molecule has 130 valence electrons. The van der Waals surface area contributed by atoms with E-state index in [1.807, 2.05) is 23.1 Å². The number of carboxylic acid groups (broad SMARTS) is 1. The van der Waals surface area contributed by atoms with Gasteiger partial charge >= 0.3 is 5.97 Å². The molecule has 1 unspecified atom stereocenters. The first kappa shape index (κ1) is 17.2. The van der Waals surface area contributed by atoms with E-state index in [2.05, 4.69) is 19.1 Å². The quantitative estimate of drug-likeness (QED) is 0.929. The van der Waals surface area contributed by atoms with Crippen LogP contribution in [0.4, 0.5) is 0 Å². The van der Waals surface area contributed by atoms with Gasteiger partial charge in [0, 0.05) is 18.5 Å². The minimum absolute atomic E-state index is 0.00411. The second kappa shape index (κ2) is 7.09. The van der Waals surface area contributed by atoms with Gasteiger partial charge in [-0.15, -0.1) is 0 Å². The molecule has 2 aromatic carbocycles. The number of carbonyl (C=O) groups is 2. The van der Waals surface area contributed by atoms with E-state index in [0.717, 1.165) is 19.4 Å². The van der Waals surface area contributed by atoms with Gasteiger partial charge in [0.15, 0.2) is 0 Å². The Morgan fingerprint density at radius 1 is 1.08 bits per heavy atom. The molecular formula is C21H23NO3. The van der Waals surface area contributed by atoms with Crippen molar-refractivity contribution in [1.29, 1.82) is 0 Å². The van der Waals surface area contributed by atoms with Crippen LogP contribution in [0.25, 0.3) is 0 Å². The number of nitrogens with zero attached hydrogens (tertiary/aromatic N) is 1. The number of benzene rings is 2. The van der Waals surface area contributed by atoms with Gasteiger partial charge in [-0.2, -0.15) is 0 Å². The highest BCUT2D eigenvalue weighted by atomic mass is 16.4. The van der Waals surface area contributed by atoms with Crippen LogP contribution in [0.2, 0.25) is 0 Å². The van der Waals surface area contributed by atoms with E-state index < -0.39 is 5.97 Å². The summed E-state index contributed by atoms with van der Waals surface area (Å²) in [6.07, 6.45) is 2.14. The number of hydrogen-bond acceptors (Lipinski definition) is 2. The third-order valence-electron chi connectivity index (χ3n) is 5.11. The lowest BCUT2D eigenvalue weighted by Gasteiger charge is -2.41. The van der Waals surface area contributed by atoms with E-state index >= 15 is 0 Å². The summed E-state index contributed by atoms with van der Waals surface area (Å²) >= 11 is 0. The van der Waals surface area contributed by atoms with E-state index in [1.54, 1.807) is 24.3 Å². The molecule has 0 saturated carbocycles. The average Bonchev–Trinajstić information content (AvgIpc) is 2.63. The number of hydrogen-bond donors (Lipinski definition) is 1. The highest BCUT2D eigenvalue weighted by Gasteiger charge is 2.34. The molecular weight excluding hydrogens is 314 g/mol. The lowest BCUT2D eigenvalue weighted by molar-refractivity contribution is -0.132. The van der Waals surface area contributed by atoms with Crippen molar-refractivity contribution in [3.05, 3.63) is 71.3 Å². The number of rotatable bonds is 4. The van der Waals surface area contributed by atoms with Crippen LogP contribution in [-0.4, -0.2) is 35.0 Å². The molecule has 1 heterocycles. The highest BCUT2D eigenvalue weighted by molar-refractivity contribution is 5.91. The van der Waals surface area contributed by atoms with E-state index in [9.17, 15) is 14.7 Å². The summed E-state index contributed by atoms with van der Waals surface area (Å²) in [5.74, 6) is -0.994. The van der Waals surface area contributed by atoms with E-state index in [0.29, 0.717) is 12.1 Å². The Labute approximate surface area is 148 Å². The van der Waals surface area contributed by atoms with Crippen LogP contribution in [0.1, 0.15) is 41.3 Å². The van der Waals surface area contributed by atoms with Crippen LogP contribution in [0.15, 0.2) is 54.6 Å². The van der Waals surface area contributed by atoms with Gasteiger partial charge in [-0.25, -0.2) is 4.79 Å². The number of carbonyl (C=O) groups excluding carboxylic acids is 1. The smallest absolute Gasteiger partial charge is 0.335 e. The van der Waals surface area contributed by atoms with Crippen molar-refractivity contribution >= 4 is 11.9 Å². The van der Waals surface area contributed by atoms with Crippen molar-refractivity contribution in [3.63, 3.8) is 0 Å². The number of amides is 1. The van der Waals surface area contributed by atoms with E-state index in [-0.39, 0.29) is 23.3 Å². The molecule has 1 N–H and O–H groups in total. The predicted octanol–water partition coefficient (Wildman–Crippen LogP) is 3.51. The van der Waals surface area contributed by atoms with Crippen LogP contribution >= 0.6 is 0 Å². The standard InChI is InChI=1S/C21H23NO3/c1-21(17-9-3-2-4-10-17)12-7-13-22(15-21)19(23)14-16-8-5-6-11-18(16)20(24)25/h2-6,8-11H,7,12-15H2,1H3,(H,24,25). The van der Waals surface area contributed by atoms with Gasteiger partial charge in [0.2, 0.25) is 5.91 Å². The summed E-state index contributed by atoms with van der Waals surface area (Å²) in [4.78, 5) is 26.0. The summed E-state index contributed by atoms with van der Waals surface area (Å²) in [6, 6.07) is 17.0. The fourth-order valence-electron chi connectivity index (χ4n) is 3.69. The van der Waals surface area contributed by atoms with Crippen molar-refractivity contribution in [2.24, 2.45) is 0 Å². The first-order chi connectivity index (χ1) is 12.0. The lowest BCUT2D eigenvalue weighted by Crippen LogP contribution is -2.47. The highest BCUT2D eigenvalue weighted by Crippen LogP contribution is 2.33. The van der Waals surface area contributed by atoms with Crippen molar-refractivity contribution in [2.45, 2.75) is 31.6 Å². The van der Waals surface area contributed by atoms with Crippen LogP contribution in [0.3, 0.4) is 0 Å². The summed E-state index contributed by atoms with van der Waals surface area (Å²) in [5, 5.41) is 9.30. The number of piperidine rings is 1. The third-order valence-corrected chi connectivity index (χ3v) is 5.11. The molecule has 1 saturated heterocycles. The largest absolute Gasteiger partial charge is 0.478 e. The molecule has 0 aromatic heterocycles. The maximum absolute atomic E-state index is 12.8. The summed E-state index contributed by atoms with van der Waals surface area (Å²) in [6.45, 7) is 3.61. The molecule has 0 bridgehead atoms. The average molecular weight is 337 g/mol. The first-order valence-corrected chi connectivity index (χ1v) is 8.64. The van der Waals surface area contributed by atoms with Crippen molar-refractivity contribution in [1.82, 2.24) is 4.90 Å². The van der Waals surface area contributed by atoms with Crippen LogP contribution < -0.4 is 0 Å². The predicted molar refractivity (Wildman–Crippen MR) is 96.7 cm³/mol. The molecule has 4 heteroatoms. The van der Waals surface area contributed by atoms with Crippen molar-refractivity contribution in [3.8, 4) is 0 Å². The molecule has 1 aliphatic heterocycles. The Morgan fingerprint density at radius 2 is 1.76 bits per heavy atom. The Bertz CT molecular complexity index is 772. The van der Waals surface area contributed by atoms with Crippen molar-refractivity contribution in [2.75, 3.05) is 13.1 Å². The monoisotopic (exact) mass is 337 g/mol. The van der Waals surface area contributed by atoms with E-state index in [1.165, 1.54) is 5.56 Å². The maximum atomic E-state index is 12.8. The Balaban J connectivity index is 1.76. The molecule has 3 rings (SSSR count). The molecule has 4 nitrogen and oxygen atoms in total. The van der Waals surface area contributed by atoms with E-state index in [4.69, 9.17) is 0 Å². The van der Waals surface area contributed by atoms with Gasteiger partial charge < -0.3 is 10.0 Å². The zero-order chi connectivity index (χ0) is 17.9. The molecule has 1 fully saturated rings. The second-order valence-electron chi connectivity index (χ2n) is 6.98. The molecule has 25 heavy (non-hydrogen) atoms. The Kier molecular flexibility index (Phi) is 4.88. The second-order valence-corrected chi connectivity index (χ2v) is 6.98. The molecule has 0 radical (unpaired) electrons. The molecule has 0 aliphatic carbocycles. The maximum Gasteiger partial charge on any atom is 0.335 e. The zero-order valence-electron chi connectivity index (χ0n) is 14.4. The number of likely N-dealkylation sites (tertiary alicyclic amines) is 1. The first-order valence-electron chi connectivity index (χ1n) is 8.64. The minimum atomic E-state index is -0.990. The fourth-order valence-corrected chi connectivity index (χ4v) is 3.69. The van der Waals surface area contributed by atoms with Crippen LogP contribution in [-0.2, 0) is 16.6 Å². The Morgan fingerprint density at radius 3 is 2.48 bits per heavy atom. The van der Waals surface area contributed by atoms with Gasteiger partial charge in [0.05, 0.1) is 12.0 Å². The minimum Gasteiger partial charge on any atom is -0.478 e. The van der Waals surface area contributed by atoms with Gasteiger partial charge in [-0.05, 0) is 30.0 Å². The fraction of sp³-hybridized carbons (Fsp3) is 0.333. The molecule has 1 atom stereocenters. The van der Waals surface area contributed by atoms with Gasteiger partial charge in [0.25, 0.3) is 0 Å². The molecule has 0 spiro atoms. The molecule has 1 amide bonds. The third kappa shape index (κ3) is 3.73. The van der Waals surface area contributed by atoms with Crippen LogP contribution in [0.5, 0.6) is 0 Å². The molecule has 1 aliphatic rings. The Hall–Kier alpha value is -2.62. The van der Waals surface area contributed by atoms with Crippen LogP contribution in [0, 0.1) is 0 Å². The summed E-state index contributed by atoms with van der Waals surface area (Å²) in [7, 11) is 0. The molecule has 2 aromatic rings. The zero-order valence-corrected chi connectivity index (χ0v) is 14.4. The van der Waals surface area contributed by atoms with Gasteiger partial charge in [-0.1, -0.05) is 55.5 Å².